The smallest absolute Gasteiger partial charge is 0.239 e. The monoisotopic (exact) mass is 420 g/mol. The third-order valence-electron chi connectivity index (χ3n) is 4.47. The normalized spacial score (nSPS) is 16.6. The van der Waals surface area contributed by atoms with E-state index in [1.165, 1.54) is 23.5 Å². The van der Waals surface area contributed by atoms with E-state index in [4.69, 9.17) is 4.74 Å². The number of hydrogen-bond donors (Lipinski definition) is 0. The molecule has 1 aliphatic rings. The Morgan fingerprint density at radius 2 is 2.14 bits per heavy atom. The fraction of sp³-hybridized carbons (Fsp3) is 0.300. The first-order chi connectivity index (χ1) is 13.6. The summed E-state index contributed by atoms with van der Waals surface area (Å²) >= 11 is 2.50. The lowest BCUT2D eigenvalue weighted by Crippen LogP contribution is -2.38. The molecule has 146 valence electrons. The molecule has 1 aliphatic heterocycles. The number of amides is 1. The van der Waals surface area contributed by atoms with Gasteiger partial charge in [-0.25, -0.2) is 13.8 Å². The van der Waals surface area contributed by atoms with Crippen LogP contribution in [0.1, 0.15) is 12.8 Å². The Morgan fingerprint density at radius 3 is 2.89 bits per heavy atom. The van der Waals surface area contributed by atoms with Gasteiger partial charge in [0.1, 0.15) is 11.6 Å². The standard InChI is InChI=1S/C20H18F2N2O2S2/c21-13-7-8-17(15(22)10-13)27-12-19(25)24(11-14-4-3-9-26-14)20-23-16-5-1-2-6-18(16)28-20/h1-2,5-8,10,14H,3-4,9,11-12H2/t14-/m0/s1. The Labute approximate surface area is 169 Å². The number of ether oxygens (including phenoxy) is 1. The van der Waals surface area contributed by atoms with Crippen molar-refractivity contribution in [2.75, 3.05) is 23.8 Å². The van der Waals surface area contributed by atoms with Crippen LogP contribution >= 0.6 is 23.1 Å². The molecule has 0 radical (unpaired) electrons. The Morgan fingerprint density at radius 1 is 1.29 bits per heavy atom. The SMILES string of the molecule is O=C(CSc1ccc(F)cc1F)N(C[C@@H]1CCCO1)c1nc2ccccc2s1. The average Bonchev–Trinajstić information content (AvgIpc) is 3.34. The number of nitrogens with zero attached hydrogens (tertiary/aromatic N) is 2. The van der Waals surface area contributed by atoms with E-state index >= 15 is 0 Å². The molecule has 0 aliphatic carbocycles. The van der Waals surface area contributed by atoms with Crippen molar-refractivity contribution in [3.63, 3.8) is 0 Å². The maximum absolute atomic E-state index is 13.9. The number of rotatable bonds is 6. The summed E-state index contributed by atoms with van der Waals surface area (Å²) in [5, 5.41) is 0.613. The minimum absolute atomic E-state index is 0.0245. The molecule has 0 saturated carbocycles. The number of fused-ring (bicyclic) bond motifs is 1. The Bertz CT molecular complexity index is 956. The van der Waals surface area contributed by atoms with Crippen LogP contribution in [0.3, 0.4) is 0 Å². The minimum Gasteiger partial charge on any atom is -0.376 e. The number of hydrogen-bond acceptors (Lipinski definition) is 5. The number of thioether (sulfide) groups is 1. The van der Waals surface area contributed by atoms with E-state index in [-0.39, 0.29) is 22.7 Å². The molecule has 8 heteroatoms. The highest BCUT2D eigenvalue weighted by molar-refractivity contribution is 8.00. The molecule has 1 aromatic heterocycles. The van der Waals surface area contributed by atoms with Crippen molar-refractivity contribution in [2.45, 2.75) is 23.8 Å². The molecular weight excluding hydrogens is 402 g/mol. The number of carbonyl (C=O) groups is 1. The highest BCUT2D eigenvalue weighted by Gasteiger charge is 2.26. The zero-order chi connectivity index (χ0) is 19.5. The molecule has 3 aromatic rings. The number of halogens is 2. The van der Waals surface area contributed by atoms with Crippen molar-refractivity contribution < 1.29 is 18.3 Å². The van der Waals surface area contributed by atoms with E-state index in [0.717, 1.165) is 40.9 Å². The topological polar surface area (TPSA) is 42.4 Å². The molecule has 0 spiro atoms. The molecule has 1 amide bonds. The summed E-state index contributed by atoms with van der Waals surface area (Å²) in [6, 6.07) is 11.1. The lowest BCUT2D eigenvalue weighted by Gasteiger charge is -2.23. The van der Waals surface area contributed by atoms with Gasteiger partial charge in [-0.15, -0.1) is 11.8 Å². The van der Waals surface area contributed by atoms with Crippen LogP contribution in [-0.2, 0) is 9.53 Å². The lowest BCUT2D eigenvalue weighted by atomic mass is 10.2. The first-order valence-electron chi connectivity index (χ1n) is 8.95. The molecular formula is C20H18F2N2O2S2. The third-order valence-corrected chi connectivity index (χ3v) is 6.56. The third kappa shape index (κ3) is 4.34. The quantitative estimate of drug-likeness (QED) is 0.533. The van der Waals surface area contributed by atoms with Gasteiger partial charge >= 0.3 is 0 Å². The summed E-state index contributed by atoms with van der Waals surface area (Å²) in [6.07, 6.45) is 1.85. The van der Waals surface area contributed by atoms with E-state index in [9.17, 15) is 13.6 Å². The molecule has 0 bridgehead atoms. The summed E-state index contributed by atoms with van der Waals surface area (Å²) in [7, 11) is 0. The summed E-state index contributed by atoms with van der Waals surface area (Å²) < 4.78 is 33.7. The molecule has 2 heterocycles. The fourth-order valence-corrected chi connectivity index (χ4v) is 4.85. The van der Waals surface area contributed by atoms with Crippen LogP contribution in [0.2, 0.25) is 0 Å². The number of carbonyl (C=O) groups excluding carboxylic acids is 1. The average molecular weight is 421 g/mol. The van der Waals surface area contributed by atoms with Gasteiger partial charge in [0.15, 0.2) is 5.13 Å². The largest absolute Gasteiger partial charge is 0.376 e. The summed E-state index contributed by atoms with van der Waals surface area (Å²) in [4.78, 5) is 19.5. The molecule has 1 atom stereocenters. The van der Waals surface area contributed by atoms with Gasteiger partial charge in [-0.2, -0.15) is 0 Å². The first kappa shape index (κ1) is 19.3. The van der Waals surface area contributed by atoms with Crippen molar-refractivity contribution in [1.82, 2.24) is 4.98 Å². The van der Waals surface area contributed by atoms with E-state index in [1.807, 2.05) is 24.3 Å². The van der Waals surface area contributed by atoms with E-state index < -0.39 is 11.6 Å². The molecule has 28 heavy (non-hydrogen) atoms. The van der Waals surface area contributed by atoms with E-state index in [0.29, 0.717) is 18.3 Å². The second kappa shape index (κ2) is 8.55. The zero-order valence-corrected chi connectivity index (χ0v) is 16.6. The number of aromatic nitrogens is 1. The molecule has 4 rings (SSSR count). The molecule has 2 aromatic carbocycles. The Kier molecular flexibility index (Phi) is 5.89. The van der Waals surface area contributed by atoms with Crippen LogP contribution in [0.5, 0.6) is 0 Å². The highest BCUT2D eigenvalue weighted by atomic mass is 32.2. The second-order valence-electron chi connectivity index (χ2n) is 6.47. The maximum Gasteiger partial charge on any atom is 0.239 e. The summed E-state index contributed by atoms with van der Waals surface area (Å²) in [5.41, 5.74) is 0.838. The molecule has 1 saturated heterocycles. The predicted molar refractivity (Wildman–Crippen MR) is 108 cm³/mol. The molecule has 4 nitrogen and oxygen atoms in total. The molecule has 1 fully saturated rings. The van der Waals surface area contributed by atoms with Gasteiger partial charge in [-0.05, 0) is 37.1 Å². The van der Waals surface area contributed by atoms with Crippen molar-refractivity contribution in [3.8, 4) is 0 Å². The van der Waals surface area contributed by atoms with Crippen molar-refractivity contribution >= 4 is 44.4 Å². The number of thiazole rings is 1. The van der Waals surface area contributed by atoms with Crippen molar-refractivity contribution in [1.29, 1.82) is 0 Å². The maximum atomic E-state index is 13.9. The lowest BCUT2D eigenvalue weighted by molar-refractivity contribution is -0.116. The van der Waals surface area contributed by atoms with Gasteiger partial charge in [0.25, 0.3) is 0 Å². The van der Waals surface area contributed by atoms with Crippen LogP contribution < -0.4 is 4.90 Å². The van der Waals surface area contributed by atoms with E-state index in [1.54, 1.807) is 4.90 Å². The fourth-order valence-electron chi connectivity index (χ4n) is 3.06. The van der Waals surface area contributed by atoms with Crippen LogP contribution in [0.25, 0.3) is 10.2 Å². The second-order valence-corrected chi connectivity index (χ2v) is 8.49. The number of para-hydroxylation sites is 1. The predicted octanol–water partition coefficient (Wildman–Crippen LogP) is 4.88. The molecule has 0 N–H and O–H groups in total. The number of anilines is 1. The Balaban J connectivity index is 1.54. The van der Waals surface area contributed by atoms with Gasteiger partial charge in [-0.3, -0.25) is 9.69 Å². The van der Waals surface area contributed by atoms with Gasteiger partial charge in [-0.1, -0.05) is 23.5 Å². The highest BCUT2D eigenvalue weighted by Crippen LogP contribution is 2.31. The van der Waals surface area contributed by atoms with E-state index in [2.05, 4.69) is 4.98 Å². The van der Waals surface area contributed by atoms with Gasteiger partial charge in [0.05, 0.1) is 28.6 Å². The first-order valence-corrected chi connectivity index (χ1v) is 10.8. The van der Waals surface area contributed by atoms with Crippen molar-refractivity contribution in [3.05, 3.63) is 54.1 Å². The van der Waals surface area contributed by atoms with Gasteiger partial charge < -0.3 is 4.74 Å². The number of benzene rings is 2. The van der Waals surface area contributed by atoms with Crippen LogP contribution in [0.4, 0.5) is 13.9 Å². The van der Waals surface area contributed by atoms with Crippen LogP contribution in [0.15, 0.2) is 47.4 Å². The summed E-state index contributed by atoms with van der Waals surface area (Å²) in [5.74, 6) is -1.44. The summed E-state index contributed by atoms with van der Waals surface area (Å²) in [6.45, 7) is 1.12. The minimum atomic E-state index is -0.663. The molecule has 0 unspecified atom stereocenters. The Hall–Kier alpha value is -2.03. The zero-order valence-electron chi connectivity index (χ0n) is 14.9. The van der Waals surface area contributed by atoms with Crippen LogP contribution in [0, 0.1) is 11.6 Å². The van der Waals surface area contributed by atoms with Crippen LogP contribution in [-0.4, -0.2) is 35.9 Å². The van der Waals surface area contributed by atoms with Crippen molar-refractivity contribution in [2.24, 2.45) is 0 Å². The van der Waals surface area contributed by atoms with Gasteiger partial charge in [0, 0.05) is 17.6 Å². The van der Waals surface area contributed by atoms with Gasteiger partial charge in [0.2, 0.25) is 5.91 Å².